The van der Waals surface area contributed by atoms with Crippen molar-refractivity contribution in [3.05, 3.63) is 40.5 Å². The molecule has 0 aliphatic carbocycles. The van der Waals surface area contributed by atoms with Crippen LogP contribution < -0.4 is 34.3 Å². The molecular weight excluding hydrogens is 729 g/mol. The minimum atomic E-state index is -1.17. The number of halogens is 1. The number of hydrogen-bond acceptors (Lipinski definition) is 9. The van der Waals surface area contributed by atoms with Crippen molar-refractivity contribution in [3.63, 3.8) is 0 Å². The number of carboxylic acid groups (broad SMARTS) is 1. The molecule has 4 N–H and O–H groups in total. The van der Waals surface area contributed by atoms with Crippen LogP contribution in [0, 0.1) is 11.8 Å². The Morgan fingerprint density at radius 1 is 1.37 bits per heavy atom. The normalized spacial score (nSPS) is 25.4. The van der Waals surface area contributed by atoms with Crippen LogP contribution in [0.1, 0.15) is 25.1 Å². The Morgan fingerprint density at radius 2 is 2.09 bits per heavy atom. The Labute approximate surface area is 278 Å². The van der Waals surface area contributed by atoms with E-state index in [-0.39, 0.29) is 65.9 Å². The highest BCUT2D eigenvalue weighted by atomic mass is 127. The summed E-state index contributed by atoms with van der Waals surface area (Å²) in [5.41, 5.74) is 5.39. The van der Waals surface area contributed by atoms with Crippen LogP contribution in [0.3, 0.4) is 0 Å². The Bertz CT molecular complexity index is 1490. The molecule has 3 aliphatic heterocycles. The van der Waals surface area contributed by atoms with Gasteiger partial charge in [0.25, 0.3) is 5.91 Å². The predicted octanol–water partition coefficient (Wildman–Crippen LogP) is -1.31. The molecule has 5 heterocycles. The van der Waals surface area contributed by atoms with Gasteiger partial charge < -0.3 is 54.5 Å². The number of carbonyl (C=O) groups is 4. The average molecular weight is 764 g/mol. The van der Waals surface area contributed by atoms with E-state index in [2.05, 4.69) is 6.58 Å². The minimum Gasteiger partial charge on any atom is -1.00 e. The van der Waals surface area contributed by atoms with Crippen LogP contribution in [-0.4, -0.2) is 91.1 Å². The maximum Gasteiger partial charge on any atom is 0.410 e. The third kappa shape index (κ3) is 6.17. The standard InChI is InChI=1S/C27H33N5O7S3.HI/c1-5-6-39-27(38)30-9-17(42-23-13(2)21-20(14(3)33)24(35)32(21)22(23)25(36)37)8-15(30)7-16-10-31-19(41-16)12-29(11-18(28)34)26(31)40-4;/h5,10,12-15,17,20-21,33H,1,6-9,11H2,2-4H3,(H2-,28,34,36,37);1H/t13-,14-,15-,17+,20-,21-;/m1./s1. The number of nitrogens with two attached hydrogens (primary N) is 1. The lowest BCUT2D eigenvalue weighted by molar-refractivity contribution is -0.720. The Morgan fingerprint density at radius 3 is 2.70 bits per heavy atom. The van der Waals surface area contributed by atoms with Crippen LogP contribution in [0.4, 0.5) is 4.79 Å². The molecule has 0 bridgehead atoms. The van der Waals surface area contributed by atoms with Crippen molar-refractivity contribution in [1.29, 1.82) is 0 Å². The number of hydrogen-bond donors (Lipinski definition) is 3. The van der Waals surface area contributed by atoms with Crippen molar-refractivity contribution >= 4 is 63.6 Å². The molecule has 0 unspecified atom stereocenters. The van der Waals surface area contributed by atoms with Crippen LogP contribution in [0.25, 0.3) is 4.83 Å². The number of aliphatic carboxylic acids is 1. The Kier molecular flexibility index (Phi) is 10.5. The van der Waals surface area contributed by atoms with Gasteiger partial charge in [-0.05, 0) is 31.4 Å². The highest BCUT2D eigenvalue weighted by molar-refractivity contribution is 8.03. The number of likely N-dealkylation sites (tertiary alicyclic amines) is 1. The number of β-lactam (4-membered cyclic amide) rings is 1. The van der Waals surface area contributed by atoms with Gasteiger partial charge in [0.15, 0.2) is 6.54 Å². The van der Waals surface area contributed by atoms with Crippen LogP contribution >= 0.6 is 34.9 Å². The number of ether oxygens (including phenoxy) is 1. The molecule has 0 aromatic carbocycles. The van der Waals surface area contributed by atoms with Gasteiger partial charge >= 0.3 is 17.2 Å². The zero-order chi connectivity index (χ0) is 30.5. The quantitative estimate of drug-likeness (QED) is 0.0832. The molecule has 2 aromatic heterocycles. The summed E-state index contributed by atoms with van der Waals surface area (Å²) < 4.78 is 9.22. The molecule has 234 valence electrons. The molecule has 43 heavy (non-hydrogen) atoms. The first-order chi connectivity index (χ1) is 20.0. The fraction of sp³-hybridized carbons (Fsp3) is 0.519. The molecule has 3 aliphatic rings. The lowest BCUT2D eigenvalue weighted by Crippen LogP contribution is -3.00. The number of fused-ring (bicyclic) bond motifs is 2. The molecule has 0 saturated carbocycles. The number of aliphatic hydroxyl groups is 1. The first-order valence-corrected chi connectivity index (χ1v) is 16.4. The van der Waals surface area contributed by atoms with Gasteiger partial charge in [-0.15, -0.1) is 11.8 Å². The van der Waals surface area contributed by atoms with Crippen molar-refractivity contribution in [2.75, 3.05) is 19.4 Å². The fourth-order valence-electron chi connectivity index (χ4n) is 6.25. The van der Waals surface area contributed by atoms with Gasteiger partial charge in [-0.1, -0.05) is 30.9 Å². The summed E-state index contributed by atoms with van der Waals surface area (Å²) in [4.78, 5) is 55.2. The molecule has 5 rings (SSSR count). The van der Waals surface area contributed by atoms with Gasteiger partial charge in [-0.2, -0.15) is 4.40 Å². The summed E-state index contributed by atoms with van der Waals surface area (Å²) in [7, 11) is 0. The van der Waals surface area contributed by atoms with E-state index in [0.29, 0.717) is 24.3 Å². The molecule has 0 spiro atoms. The molecule has 2 saturated heterocycles. The molecule has 0 radical (unpaired) electrons. The first-order valence-electron chi connectivity index (χ1n) is 13.5. The maximum atomic E-state index is 13.1. The number of nitrogens with zero attached hydrogens (tertiary/aromatic N) is 4. The summed E-state index contributed by atoms with van der Waals surface area (Å²) in [5.74, 6) is -2.86. The Balaban J connectivity index is 0.00000423. The number of carboxylic acids is 1. The first kappa shape index (κ1) is 33.6. The molecule has 2 aromatic rings. The number of amides is 3. The smallest absolute Gasteiger partial charge is 0.410 e. The van der Waals surface area contributed by atoms with Crippen LogP contribution in [-0.2, 0) is 32.1 Å². The second kappa shape index (κ2) is 13.4. The molecule has 3 amide bonds. The van der Waals surface area contributed by atoms with Gasteiger partial charge in [0.2, 0.25) is 10.7 Å². The number of thiazole rings is 1. The number of aromatic nitrogens is 2. The summed E-state index contributed by atoms with van der Waals surface area (Å²) in [6.45, 7) is 7.58. The van der Waals surface area contributed by atoms with Gasteiger partial charge in [0, 0.05) is 35.1 Å². The minimum absolute atomic E-state index is 0. The second-order valence-corrected chi connectivity index (χ2v) is 14.0. The van der Waals surface area contributed by atoms with E-state index in [9.17, 15) is 29.4 Å². The summed E-state index contributed by atoms with van der Waals surface area (Å²) >= 11 is 4.47. The number of primary amides is 1. The molecule has 6 atom stereocenters. The number of imidazole rings is 1. The maximum absolute atomic E-state index is 13.1. The summed E-state index contributed by atoms with van der Waals surface area (Å²) in [6, 6.07) is -0.595. The lowest BCUT2D eigenvalue weighted by Gasteiger charge is -2.46. The van der Waals surface area contributed by atoms with Crippen LogP contribution in [0.15, 0.2) is 40.8 Å². The van der Waals surface area contributed by atoms with E-state index < -0.39 is 36.0 Å². The van der Waals surface area contributed by atoms with Crippen molar-refractivity contribution in [2.45, 2.75) is 61.8 Å². The third-order valence-corrected chi connectivity index (χ3v) is 11.3. The van der Waals surface area contributed by atoms with Crippen LogP contribution in [0.2, 0.25) is 0 Å². The largest absolute Gasteiger partial charge is 1.00 e. The lowest BCUT2D eigenvalue weighted by atomic mass is 9.79. The summed E-state index contributed by atoms with van der Waals surface area (Å²) in [6.07, 6.45) is 7.16. The van der Waals surface area contributed by atoms with Gasteiger partial charge in [-0.25, -0.2) is 14.2 Å². The number of carbonyl (C=O) groups excluding carboxylic acids is 3. The third-order valence-electron chi connectivity index (χ3n) is 7.95. The number of aliphatic hydroxyl groups excluding tert-OH is 1. The highest BCUT2D eigenvalue weighted by Gasteiger charge is 2.60. The van der Waals surface area contributed by atoms with Crippen molar-refractivity contribution in [3.8, 4) is 0 Å². The van der Waals surface area contributed by atoms with Crippen molar-refractivity contribution in [1.82, 2.24) is 14.2 Å². The predicted molar refractivity (Wildman–Crippen MR) is 158 cm³/mol. The van der Waals surface area contributed by atoms with Gasteiger partial charge in [0.1, 0.15) is 24.7 Å². The van der Waals surface area contributed by atoms with E-state index >= 15 is 0 Å². The van der Waals surface area contributed by atoms with E-state index in [1.54, 1.807) is 23.2 Å². The molecule has 12 nitrogen and oxygen atoms in total. The van der Waals surface area contributed by atoms with Gasteiger partial charge in [0.05, 0.1) is 22.9 Å². The highest BCUT2D eigenvalue weighted by Crippen LogP contribution is 2.52. The topological polar surface area (TPSA) is 159 Å². The molecule has 16 heteroatoms. The van der Waals surface area contributed by atoms with E-state index in [1.807, 2.05) is 34.5 Å². The van der Waals surface area contributed by atoms with E-state index in [0.717, 1.165) is 14.9 Å². The Hall–Kier alpha value is -2.28. The second-order valence-electron chi connectivity index (χ2n) is 10.7. The average Bonchev–Trinajstić information content (AvgIpc) is 3.63. The van der Waals surface area contributed by atoms with Crippen LogP contribution in [0.5, 0.6) is 0 Å². The molecular formula is C27H34IN5O7S3. The number of rotatable bonds is 11. The summed E-state index contributed by atoms with van der Waals surface area (Å²) in [5, 5.41) is 20.9. The monoisotopic (exact) mass is 763 g/mol. The number of thioether (sulfide) groups is 2. The van der Waals surface area contributed by atoms with Crippen molar-refractivity contribution in [2.24, 2.45) is 17.6 Å². The van der Waals surface area contributed by atoms with E-state index in [4.69, 9.17) is 10.5 Å². The molecule has 2 fully saturated rings. The van der Waals surface area contributed by atoms with Gasteiger partial charge in [-0.3, -0.25) is 9.59 Å². The van der Waals surface area contributed by atoms with Crippen molar-refractivity contribution < 1.29 is 62.7 Å². The zero-order valence-corrected chi connectivity index (χ0v) is 28.5. The SMILES string of the molecule is C=CCOC(=O)N1C[C@@H](SC2=C(C(=O)O)N3C(=O)[C@H]([C@@H](C)O)[C@H]3[C@H]2C)C[C@H]1Cc1cn2c(SC)[n+](CC(N)=O)cc2s1.[I-]. The van der Waals surface area contributed by atoms with E-state index in [1.165, 1.54) is 34.5 Å². The zero-order valence-electron chi connectivity index (χ0n) is 23.8. The fourth-order valence-corrected chi connectivity index (χ4v) is 9.69.